The van der Waals surface area contributed by atoms with E-state index in [1.807, 2.05) is 0 Å². The molecule has 2 nitrogen and oxygen atoms in total. The van der Waals surface area contributed by atoms with Crippen LogP contribution in [0.4, 0.5) is 4.39 Å². The number of rotatable bonds is 6. The van der Waals surface area contributed by atoms with Crippen LogP contribution in [0.25, 0.3) is 0 Å². The van der Waals surface area contributed by atoms with Crippen LogP contribution in [0, 0.1) is 5.92 Å². The average Bonchev–Trinajstić information content (AvgIpc) is 2.02. The maximum absolute atomic E-state index is 12.0. The first-order valence-corrected chi connectivity index (χ1v) is 4.25. The van der Waals surface area contributed by atoms with E-state index in [2.05, 4.69) is 37.5 Å². The van der Waals surface area contributed by atoms with Crippen molar-refractivity contribution < 1.29 is 4.39 Å². The quantitative estimate of drug-likeness (QED) is 0.383. The van der Waals surface area contributed by atoms with Gasteiger partial charge in [0.05, 0.1) is 5.70 Å². The van der Waals surface area contributed by atoms with Crippen molar-refractivity contribution >= 4 is 6.72 Å². The Hall–Kier alpha value is -1.12. The van der Waals surface area contributed by atoms with Gasteiger partial charge in [-0.3, -0.25) is 4.99 Å². The molecule has 3 heteroatoms. The number of nitrogens with one attached hydrogen (secondary N) is 1. The van der Waals surface area contributed by atoms with Crippen LogP contribution in [-0.2, 0) is 0 Å². The first-order valence-electron chi connectivity index (χ1n) is 4.25. The van der Waals surface area contributed by atoms with Crippen LogP contribution >= 0.6 is 0 Å². The van der Waals surface area contributed by atoms with E-state index in [9.17, 15) is 4.39 Å². The molecule has 0 unspecified atom stereocenters. The Morgan fingerprint density at radius 1 is 1.62 bits per heavy atom. The van der Waals surface area contributed by atoms with Crippen LogP contribution in [0.2, 0.25) is 0 Å². The zero-order chi connectivity index (χ0) is 10.3. The van der Waals surface area contributed by atoms with E-state index in [4.69, 9.17) is 0 Å². The minimum Gasteiger partial charge on any atom is -0.357 e. The third-order valence-corrected chi connectivity index (χ3v) is 1.51. The van der Waals surface area contributed by atoms with Gasteiger partial charge in [-0.05, 0) is 24.6 Å². The summed E-state index contributed by atoms with van der Waals surface area (Å²) in [5.41, 5.74) is 1.49. The van der Waals surface area contributed by atoms with Crippen LogP contribution in [0.3, 0.4) is 0 Å². The molecule has 0 radical (unpaired) electrons. The zero-order valence-electron chi connectivity index (χ0n) is 8.31. The van der Waals surface area contributed by atoms with Crippen molar-refractivity contribution in [2.45, 2.75) is 20.3 Å². The topological polar surface area (TPSA) is 24.4 Å². The number of alkyl halides is 1. The molecule has 0 aliphatic rings. The summed E-state index contributed by atoms with van der Waals surface area (Å²) in [5, 5.41) is 2.55. The Labute approximate surface area is 79.3 Å². The van der Waals surface area contributed by atoms with Crippen molar-refractivity contribution in [1.29, 1.82) is 0 Å². The summed E-state index contributed by atoms with van der Waals surface area (Å²) in [7, 11) is 0. The molecule has 0 aliphatic carbocycles. The lowest BCUT2D eigenvalue weighted by atomic mass is 10.0. The van der Waals surface area contributed by atoms with Crippen molar-refractivity contribution in [2.24, 2.45) is 10.9 Å². The molecule has 0 bridgehead atoms. The smallest absolute Gasteiger partial charge is 0.159 e. The summed E-state index contributed by atoms with van der Waals surface area (Å²) in [6.45, 7) is 10.7. The molecule has 1 N–H and O–H groups in total. The monoisotopic (exact) mass is 184 g/mol. The Morgan fingerprint density at radius 2 is 2.23 bits per heavy atom. The van der Waals surface area contributed by atoms with Crippen molar-refractivity contribution in [2.75, 3.05) is 6.80 Å². The molecule has 0 saturated heterocycles. The minimum absolute atomic E-state index is 0.502. The second kappa shape index (κ2) is 6.40. The molecule has 0 fully saturated rings. The largest absolute Gasteiger partial charge is 0.357 e. The van der Waals surface area contributed by atoms with Gasteiger partial charge in [0, 0.05) is 6.20 Å². The van der Waals surface area contributed by atoms with Gasteiger partial charge in [0.2, 0.25) is 0 Å². The molecule has 0 heterocycles. The Morgan fingerprint density at radius 3 is 2.62 bits per heavy atom. The SMILES string of the molecule is C=N/C=C(\NCF)C(=C)CC(C)C. The van der Waals surface area contributed by atoms with Gasteiger partial charge in [-0.1, -0.05) is 20.4 Å². The summed E-state index contributed by atoms with van der Waals surface area (Å²) in [4.78, 5) is 3.58. The van der Waals surface area contributed by atoms with Crippen molar-refractivity contribution in [3.05, 3.63) is 24.0 Å². The van der Waals surface area contributed by atoms with Gasteiger partial charge in [-0.15, -0.1) is 0 Å². The number of aliphatic imine (C=N–C) groups is 1. The number of nitrogens with zero attached hydrogens (tertiary/aromatic N) is 1. The van der Waals surface area contributed by atoms with E-state index < -0.39 is 6.80 Å². The third kappa shape index (κ3) is 5.17. The highest BCUT2D eigenvalue weighted by molar-refractivity contribution is 5.31. The maximum Gasteiger partial charge on any atom is 0.159 e. The summed E-state index contributed by atoms with van der Waals surface area (Å²) >= 11 is 0. The third-order valence-electron chi connectivity index (χ3n) is 1.51. The predicted octanol–water partition coefficient (Wildman–Crippen LogP) is 2.65. The summed E-state index contributed by atoms with van der Waals surface area (Å²) < 4.78 is 12.0. The summed E-state index contributed by atoms with van der Waals surface area (Å²) in [5.74, 6) is 0.502. The van der Waals surface area contributed by atoms with E-state index in [1.54, 1.807) is 0 Å². The van der Waals surface area contributed by atoms with Gasteiger partial charge < -0.3 is 5.32 Å². The van der Waals surface area contributed by atoms with Crippen molar-refractivity contribution in [3.8, 4) is 0 Å². The number of allylic oxidation sites excluding steroid dienone is 1. The van der Waals surface area contributed by atoms with Gasteiger partial charge in [0.1, 0.15) is 0 Å². The fourth-order valence-corrected chi connectivity index (χ4v) is 1.03. The molecule has 0 aromatic rings. The number of hydrogen-bond acceptors (Lipinski definition) is 2. The molecular weight excluding hydrogens is 167 g/mol. The molecule has 0 aromatic heterocycles. The van der Waals surface area contributed by atoms with E-state index in [-0.39, 0.29) is 0 Å². The molecule has 74 valence electrons. The first-order chi connectivity index (χ1) is 6.11. The Balaban J connectivity index is 4.28. The van der Waals surface area contributed by atoms with Gasteiger partial charge in [0.25, 0.3) is 0 Å². The number of hydrogen-bond donors (Lipinski definition) is 1. The molecule has 13 heavy (non-hydrogen) atoms. The highest BCUT2D eigenvalue weighted by Gasteiger charge is 2.04. The van der Waals surface area contributed by atoms with Gasteiger partial charge in [0.15, 0.2) is 6.80 Å². The lowest BCUT2D eigenvalue weighted by Gasteiger charge is -2.12. The van der Waals surface area contributed by atoms with E-state index in [0.29, 0.717) is 11.6 Å². The fourth-order valence-electron chi connectivity index (χ4n) is 1.03. The van der Waals surface area contributed by atoms with E-state index >= 15 is 0 Å². The molecule has 0 saturated carbocycles. The van der Waals surface area contributed by atoms with Crippen LogP contribution in [0.5, 0.6) is 0 Å². The molecule has 0 spiro atoms. The summed E-state index contributed by atoms with van der Waals surface area (Å²) in [6, 6.07) is 0. The lowest BCUT2D eigenvalue weighted by molar-refractivity contribution is 0.454. The molecular formula is C10H17FN2. The normalized spacial score (nSPS) is 11.5. The predicted molar refractivity (Wildman–Crippen MR) is 55.3 cm³/mol. The highest BCUT2D eigenvalue weighted by Crippen LogP contribution is 2.15. The fraction of sp³-hybridized carbons (Fsp3) is 0.500. The molecule has 0 atom stereocenters. The zero-order valence-corrected chi connectivity index (χ0v) is 8.31. The van der Waals surface area contributed by atoms with Crippen molar-refractivity contribution in [1.82, 2.24) is 5.32 Å². The highest BCUT2D eigenvalue weighted by atomic mass is 19.1. The van der Waals surface area contributed by atoms with Crippen LogP contribution in [-0.4, -0.2) is 13.5 Å². The van der Waals surface area contributed by atoms with Gasteiger partial charge >= 0.3 is 0 Å². The van der Waals surface area contributed by atoms with Crippen molar-refractivity contribution in [3.63, 3.8) is 0 Å². The second-order valence-corrected chi connectivity index (χ2v) is 3.24. The van der Waals surface area contributed by atoms with Crippen LogP contribution in [0.1, 0.15) is 20.3 Å². The molecule has 0 rings (SSSR count). The summed E-state index contributed by atoms with van der Waals surface area (Å²) in [6.07, 6.45) is 2.32. The standard InChI is InChI=1S/C10H17FN2/c1-8(2)5-9(3)10(6-12-4)13-7-11/h6,8,13H,3-5,7H2,1-2H3/b10-6-. The van der Waals surface area contributed by atoms with E-state index in [0.717, 1.165) is 12.0 Å². The van der Waals surface area contributed by atoms with Crippen LogP contribution in [0.15, 0.2) is 29.0 Å². The minimum atomic E-state index is -0.613. The van der Waals surface area contributed by atoms with Gasteiger partial charge in [-0.2, -0.15) is 0 Å². The molecule has 0 amide bonds. The number of halogens is 1. The Bertz CT molecular complexity index is 207. The average molecular weight is 184 g/mol. The van der Waals surface area contributed by atoms with Crippen LogP contribution < -0.4 is 5.32 Å². The maximum atomic E-state index is 12.0. The van der Waals surface area contributed by atoms with E-state index in [1.165, 1.54) is 6.20 Å². The first kappa shape index (κ1) is 11.9. The molecule has 0 aliphatic heterocycles. The second-order valence-electron chi connectivity index (χ2n) is 3.24. The lowest BCUT2D eigenvalue weighted by Crippen LogP contribution is -2.13. The van der Waals surface area contributed by atoms with Gasteiger partial charge in [-0.25, -0.2) is 4.39 Å². The Kier molecular flexibility index (Phi) is 5.85. The molecule has 0 aromatic carbocycles.